The second kappa shape index (κ2) is 9.18. The fourth-order valence-corrected chi connectivity index (χ4v) is 4.52. The minimum Gasteiger partial charge on any atom is -0.340 e. The van der Waals surface area contributed by atoms with Gasteiger partial charge in [-0.15, -0.1) is 0 Å². The highest BCUT2D eigenvalue weighted by Crippen LogP contribution is 2.34. The summed E-state index contributed by atoms with van der Waals surface area (Å²) in [6.45, 7) is 10.3. The number of nitrogens with one attached hydrogen (secondary N) is 1. The quantitative estimate of drug-likeness (QED) is 0.769. The van der Waals surface area contributed by atoms with Crippen LogP contribution in [0.5, 0.6) is 0 Å². The van der Waals surface area contributed by atoms with E-state index in [1.54, 1.807) is 0 Å². The lowest BCUT2D eigenvalue weighted by Crippen LogP contribution is -2.50. The first-order chi connectivity index (χ1) is 15.0. The molecule has 1 aromatic heterocycles. The third kappa shape index (κ3) is 4.63. The Morgan fingerprint density at radius 2 is 1.97 bits per heavy atom. The number of aromatic amines is 1. The van der Waals surface area contributed by atoms with Crippen molar-refractivity contribution in [3.8, 4) is 0 Å². The molecule has 2 atom stereocenters. The number of aromatic nitrogens is 3. The van der Waals surface area contributed by atoms with Crippen molar-refractivity contribution in [2.45, 2.75) is 46.1 Å². The molecule has 0 radical (unpaired) electrons. The topological polar surface area (TPSA) is 85.4 Å². The van der Waals surface area contributed by atoms with Crippen molar-refractivity contribution in [3.63, 3.8) is 0 Å². The van der Waals surface area contributed by atoms with E-state index in [4.69, 9.17) is 0 Å². The van der Waals surface area contributed by atoms with Crippen LogP contribution in [0.2, 0.25) is 0 Å². The maximum Gasteiger partial charge on any atom is 0.228 e. The van der Waals surface area contributed by atoms with Crippen LogP contribution in [0.3, 0.4) is 0 Å². The number of aryl methyl sites for hydroxylation is 1. The van der Waals surface area contributed by atoms with Crippen molar-refractivity contribution >= 4 is 17.5 Å². The van der Waals surface area contributed by atoms with Gasteiger partial charge in [-0.2, -0.15) is 5.10 Å². The van der Waals surface area contributed by atoms with Crippen LogP contribution < -0.4 is 4.90 Å². The van der Waals surface area contributed by atoms with Crippen molar-refractivity contribution in [2.75, 3.05) is 37.6 Å². The molecule has 2 aromatic rings. The van der Waals surface area contributed by atoms with Gasteiger partial charge in [0.05, 0.1) is 12.5 Å². The molecule has 1 aromatic carbocycles. The van der Waals surface area contributed by atoms with Crippen LogP contribution in [0.25, 0.3) is 0 Å². The molecule has 0 spiro atoms. The number of rotatable bonds is 6. The number of anilines is 1. The van der Waals surface area contributed by atoms with E-state index in [0.29, 0.717) is 38.5 Å². The molecule has 1 N–H and O–H groups in total. The number of amides is 2. The molecular formula is C23H32N6O2. The highest BCUT2D eigenvalue weighted by atomic mass is 16.2. The lowest BCUT2D eigenvalue weighted by Gasteiger charge is -2.35. The van der Waals surface area contributed by atoms with Gasteiger partial charge in [0.15, 0.2) is 5.82 Å². The van der Waals surface area contributed by atoms with Gasteiger partial charge in [-0.25, -0.2) is 4.98 Å². The predicted octanol–water partition coefficient (Wildman–Crippen LogP) is 2.32. The van der Waals surface area contributed by atoms with Crippen LogP contribution in [0.4, 0.5) is 5.69 Å². The normalized spacial score (nSPS) is 21.0. The molecule has 166 valence electrons. The third-order valence-electron chi connectivity index (χ3n) is 6.54. The average Bonchev–Trinajstić information content (AvgIpc) is 3.38. The Bertz CT molecular complexity index is 934. The Kier molecular flexibility index (Phi) is 6.36. The van der Waals surface area contributed by atoms with Gasteiger partial charge in [0.1, 0.15) is 5.82 Å². The Morgan fingerprint density at radius 1 is 1.23 bits per heavy atom. The second-order valence-corrected chi connectivity index (χ2v) is 8.71. The number of para-hydroxylation sites is 1. The van der Waals surface area contributed by atoms with E-state index < -0.39 is 0 Å². The van der Waals surface area contributed by atoms with Crippen LogP contribution in [-0.2, 0) is 16.1 Å². The first kappa shape index (κ1) is 21.5. The second-order valence-electron chi connectivity index (χ2n) is 8.71. The van der Waals surface area contributed by atoms with Gasteiger partial charge >= 0.3 is 0 Å². The van der Waals surface area contributed by atoms with E-state index >= 15 is 0 Å². The Morgan fingerprint density at radius 3 is 2.65 bits per heavy atom. The molecule has 3 heterocycles. The molecule has 8 nitrogen and oxygen atoms in total. The highest BCUT2D eigenvalue weighted by Gasteiger charge is 2.38. The van der Waals surface area contributed by atoms with Gasteiger partial charge < -0.3 is 9.80 Å². The molecule has 2 saturated heterocycles. The Hall–Kier alpha value is -2.74. The SMILES string of the molecule is CCC(C)c1ccccc1N1CC(C(=O)N2CCN(Cc3n[nH]c(C)n3)CC2)CC1=O. The van der Waals surface area contributed by atoms with Crippen molar-refractivity contribution < 1.29 is 9.59 Å². The summed E-state index contributed by atoms with van der Waals surface area (Å²) in [5.74, 6) is 1.86. The van der Waals surface area contributed by atoms with Crippen molar-refractivity contribution in [2.24, 2.45) is 5.92 Å². The average molecular weight is 425 g/mol. The zero-order chi connectivity index (χ0) is 22.0. The molecule has 31 heavy (non-hydrogen) atoms. The zero-order valence-electron chi connectivity index (χ0n) is 18.7. The maximum absolute atomic E-state index is 13.2. The monoisotopic (exact) mass is 424 g/mol. The molecular weight excluding hydrogens is 392 g/mol. The number of hydrogen-bond donors (Lipinski definition) is 1. The molecule has 4 rings (SSSR count). The highest BCUT2D eigenvalue weighted by molar-refractivity contribution is 6.01. The van der Waals surface area contributed by atoms with Crippen LogP contribution in [0.15, 0.2) is 24.3 Å². The van der Waals surface area contributed by atoms with Crippen LogP contribution >= 0.6 is 0 Å². The number of carbonyl (C=O) groups is 2. The van der Waals surface area contributed by atoms with Gasteiger partial charge in [0, 0.05) is 44.8 Å². The Labute approximate surface area is 183 Å². The summed E-state index contributed by atoms with van der Waals surface area (Å²) < 4.78 is 0. The molecule has 0 saturated carbocycles. The van der Waals surface area contributed by atoms with E-state index in [2.05, 4.69) is 40.0 Å². The summed E-state index contributed by atoms with van der Waals surface area (Å²) in [6, 6.07) is 8.10. The van der Waals surface area contributed by atoms with Crippen molar-refractivity contribution in [1.82, 2.24) is 25.0 Å². The van der Waals surface area contributed by atoms with E-state index in [9.17, 15) is 9.59 Å². The predicted molar refractivity (Wildman–Crippen MR) is 119 cm³/mol. The number of benzene rings is 1. The molecule has 2 unspecified atom stereocenters. The van der Waals surface area contributed by atoms with Crippen LogP contribution in [0, 0.1) is 12.8 Å². The van der Waals surface area contributed by atoms with Gasteiger partial charge in [-0.05, 0) is 30.9 Å². The lowest BCUT2D eigenvalue weighted by atomic mass is 9.96. The fourth-order valence-electron chi connectivity index (χ4n) is 4.52. The molecule has 2 aliphatic heterocycles. The number of carbonyl (C=O) groups excluding carboxylic acids is 2. The molecule has 8 heteroatoms. The zero-order valence-corrected chi connectivity index (χ0v) is 18.7. The van der Waals surface area contributed by atoms with E-state index in [1.807, 2.05) is 34.9 Å². The molecule has 2 fully saturated rings. The number of H-pyrrole nitrogens is 1. The van der Waals surface area contributed by atoms with E-state index in [0.717, 1.165) is 36.8 Å². The summed E-state index contributed by atoms with van der Waals surface area (Å²) in [6.07, 6.45) is 1.31. The van der Waals surface area contributed by atoms with E-state index in [-0.39, 0.29) is 17.7 Å². The fraction of sp³-hybridized carbons (Fsp3) is 0.565. The summed E-state index contributed by atoms with van der Waals surface area (Å²) in [5.41, 5.74) is 2.14. The molecule has 2 aliphatic rings. The van der Waals surface area contributed by atoms with Crippen LogP contribution in [0.1, 0.15) is 49.8 Å². The lowest BCUT2D eigenvalue weighted by molar-refractivity contribution is -0.137. The Balaban J connectivity index is 1.36. The summed E-state index contributed by atoms with van der Waals surface area (Å²) in [7, 11) is 0. The minimum atomic E-state index is -0.264. The number of piperazine rings is 1. The molecule has 2 amide bonds. The standard InChI is InChI=1S/C23H32N6O2/c1-4-16(2)19-7-5-6-8-20(19)29-14-18(13-22(29)30)23(31)28-11-9-27(10-12-28)15-21-24-17(3)25-26-21/h5-8,16,18H,4,9-15H2,1-3H3,(H,24,25,26). The molecule has 0 aliphatic carbocycles. The number of nitrogens with zero attached hydrogens (tertiary/aromatic N) is 5. The van der Waals surface area contributed by atoms with Crippen molar-refractivity contribution in [1.29, 1.82) is 0 Å². The van der Waals surface area contributed by atoms with E-state index in [1.165, 1.54) is 5.56 Å². The van der Waals surface area contributed by atoms with Gasteiger partial charge in [0.2, 0.25) is 11.8 Å². The third-order valence-corrected chi connectivity index (χ3v) is 6.54. The minimum absolute atomic E-state index is 0.0488. The summed E-state index contributed by atoms with van der Waals surface area (Å²) in [5, 5.41) is 7.07. The van der Waals surface area contributed by atoms with Gasteiger partial charge in [0.25, 0.3) is 0 Å². The maximum atomic E-state index is 13.2. The molecule has 0 bridgehead atoms. The summed E-state index contributed by atoms with van der Waals surface area (Å²) in [4.78, 5) is 36.4. The van der Waals surface area contributed by atoms with Crippen molar-refractivity contribution in [3.05, 3.63) is 41.5 Å². The number of hydrogen-bond acceptors (Lipinski definition) is 5. The smallest absolute Gasteiger partial charge is 0.228 e. The first-order valence-electron chi connectivity index (χ1n) is 11.2. The van der Waals surface area contributed by atoms with Gasteiger partial charge in [-0.1, -0.05) is 32.0 Å². The van der Waals surface area contributed by atoms with Crippen LogP contribution in [-0.4, -0.2) is 69.5 Å². The first-order valence-corrected chi connectivity index (χ1v) is 11.2. The summed E-state index contributed by atoms with van der Waals surface area (Å²) >= 11 is 0. The van der Waals surface area contributed by atoms with Gasteiger partial charge in [-0.3, -0.25) is 19.6 Å². The largest absolute Gasteiger partial charge is 0.340 e.